The number of hydrogen-bond donors (Lipinski definition) is 0. The Morgan fingerprint density at radius 1 is 1.18 bits per heavy atom. The first-order valence-corrected chi connectivity index (χ1v) is 9.50. The highest BCUT2D eigenvalue weighted by molar-refractivity contribution is 6.32. The molecule has 1 heterocycles. The average molecular weight is 399 g/mol. The Balaban J connectivity index is 2.09. The number of esters is 1. The number of aliphatic imine (C=N–C) groups is 1. The van der Waals surface area contributed by atoms with E-state index in [9.17, 15) is 9.59 Å². The largest absolute Gasteiger partial charge is 0.459 e. The normalized spacial score (nSPS) is 16.9. The van der Waals surface area contributed by atoms with Crippen molar-refractivity contribution in [3.8, 4) is 0 Å². The molecule has 1 aliphatic rings. The number of nitrogens with zero attached hydrogens (tertiary/aromatic N) is 2. The molecule has 28 heavy (non-hydrogen) atoms. The van der Waals surface area contributed by atoms with Gasteiger partial charge in [-0.25, -0.2) is 0 Å². The quantitative estimate of drug-likeness (QED) is 0.726. The molecule has 0 aromatic heterocycles. The van der Waals surface area contributed by atoms with E-state index in [-0.39, 0.29) is 12.5 Å². The van der Waals surface area contributed by atoms with Gasteiger partial charge in [-0.15, -0.1) is 0 Å². The summed E-state index contributed by atoms with van der Waals surface area (Å²) in [5, 5.41) is 0.529. The molecule has 1 aliphatic heterocycles. The summed E-state index contributed by atoms with van der Waals surface area (Å²) in [5.41, 5.74) is 2.22. The second kappa shape index (κ2) is 7.76. The fourth-order valence-electron chi connectivity index (χ4n) is 3.09. The Kier molecular flexibility index (Phi) is 5.57. The molecule has 3 rings (SSSR count). The Morgan fingerprint density at radius 3 is 2.50 bits per heavy atom. The standard InChI is InChI=1S/C22H23ClN2O3/c1-14-21(27)25(13-19(26)28-22(2,3)4)18-11-10-16(23)12-17(18)20(24-14)15-8-6-5-7-9-15/h5-12,14H,13H2,1-4H3. The number of fused-ring (bicyclic) bond motifs is 1. The number of carbonyl (C=O) groups is 2. The molecule has 6 heteroatoms. The number of benzene rings is 2. The zero-order chi connectivity index (χ0) is 20.5. The predicted octanol–water partition coefficient (Wildman–Crippen LogP) is 4.25. The van der Waals surface area contributed by atoms with Crippen molar-refractivity contribution in [2.24, 2.45) is 4.99 Å². The molecule has 1 unspecified atom stereocenters. The van der Waals surface area contributed by atoms with E-state index in [4.69, 9.17) is 16.3 Å². The monoisotopic (exact) mass is 398 g/mol. The summed E-state index contributed by atoms with van der Waals surface area (Å²) in [7, 11) is 0. The van der Waals surface area contributed by atoms with Gasteiger partial charge in [0.05, 0.1) is 11.4 Å². The second-order valence-corrected chi connectivity index (χ2v) is 8.13. The topological polar surface area (TPSA) is 59.0 Å². The molecule has 0 saturated carbocycles. The molecule has 1 atom stereocenters. The molecule has 5 nitrogen and oxygen atoms in total. The minimum Gasteiger partial charge on any atom is -0.459 e. The van der Waals surface area contributed by atoms with Gasteiger partial charge in [0.1, 0.15) is 18.2 Å². The minimum atomic E-state index is -0.649. The van der Waals surface area contributed by atoms with E-state index in [1.807, 2.05) is 30.3 Å². The maximum atomic E-state index is 13.0. The van der Waals surface area contributed by atoms with Crippen LogP contribution >= 0.6 is 11.6 Å². The SMILES string of the molecule is CC1N=C(c2ccccc2)c2cc(Cl)ccc2N(CC(=O)OC(C)(C)C)C1=O. The molecule has 0 saturated heterocycles. The fraction of sp³-hybridized carbons (Fsp3) is 0.318. The third-order valence-electron chi connectivity index (χ3n) is 4.21. The Bertz CT molecular complexity index is 933. The lowest BCUT2D eigenvalue weighted by Crippen LogP contribution is -2.42. The van der Waals surface area contributed by atoms with Gasteiger partial charge in [0.25, 0.3) is 5.91 Å². The van der Waals surface area contributed by atoms with E-state index in [2.05, 4.69) is 4.99 Å². The summed E-state index contributed by atoms with van der Waals surface area (Å²) in [6, 6.07) is 14.2. The Hall–Kier alpha value is -2.66. The third-order valence-corrected chi connectivity index (χ3v) is 4.44. The molecule has 0 bridgehead atoms. The van der Waals surface area contributed by atoms with Crippen molar-refractivity contribution in [3.05, 3.63) is 64.7 Å². The smallest absolute Gasteiger partial charge is 0.326 e. The van der Waals surface area contributed by atoms with E-state index in [1.54, 1.807) is 45.9 Å². The molecular weight excluding hydrogens is 376 g/mol. The van der Waals surface area contributed by atoms with Crippen LogP contribution in [0.5, 0.6) is 0 Å². The summed E-state index contributed by atoms with van der Waals surface area (Å²) in [6.07, 6.45) is 0. The number of amides is 1. The van der Waals surface area contributed by atoms with Gasteiger partial charge in [-0.3, -0.25) is 19.5 Å². The maximum absolute atomic E-state index is 13.0. The molecule has 0 fully saturated rings. The van der Waals surface area contributed by atoms with Gasteiger partial charge in [0.15, 0.2) is 0 Å². The van der Waals surface area contributed by atoms with Crippen LogP contribution < -0.4 is 4.90 Å². The van der Waals surface area contributed by atoms with Crippen molar-refractivity contribution in [2.75, 3.05) is 11.4 Å². The molecule has 0 spiro atoms. The predicted molar refractivity (Wildman–Crippen MR) is 111 cm³/mol. The van der Waals surface area contributed by atoms with E-state index in [0.29, 0.717) is 22.0 Å². The number of ether oxygens (including phenoxy) is 1. The molecule has 0 radical (unpaired) electrons. The van der Waals surface area contributed by atoms with Crippen molar-refractivity contribution in [3.63, 3.8) is 0 Å². The Labute approximate surface area is 170 Å². The number of carbonyl (C=O) groups excluding carboxylic acids is 2. The van der Waals surface area contributed by atoms with E-state index >= 15 is 0 Å². The fourth-order valence-corrected chi connectivity index (χ4v) is 3.26. The lowest BCUT2D eigenvalue weighted by atomic mass is 10.00. The molecule has 0 aliphatic carbocycles. The lowest BCUT2D eigenvalue weighted by molar-refractivity contribution is -0.153. The van der Waals surface area contributed by atoms with Gasteiger partial charge < -0.3 is 4.74 Å². The highest BCUT2D eigenvalue weighted by Crippen LogP contribution is 2.31. The number of halogens is 1. The van der Waals surface area contributed by atoms with Crippen LogP contribution in [-0.2, 0) is 14.3 Å². The van der Waals surface area contributed by atoms with Crippen molar-refractivity contribution in [2.45, 2.75) is 39.3 Å². The maximum Gasteiger partial charge on any atom is 0.326 e. The van der Waals surface area contributed by atoms with Crippen LogP contribution in [0.3, 0.4) is 0 Å². The second-order valence-electron chi connectivity index (χ2n) is 7.69. The molecule has 0 N–H and O–H groups in total. The first-order valence-electron chi connectivity index (χ1n) is 9.12. The number of rotatable bonds is 3. The summed E-state index contributed by atoms with van der Waals surface area (Å²) in [4.78, 5) is 31.6. The third kappa shape index (κ3) is 4.42. The van der Waals surface area contributed by atoms with Gasteiger partial charge in [-0.2, -0.15) is 0 Å². The molecule has 2 aromatic carbocycles. The molecule has 2 aromatic rings. The average Bonchev–Trinajstić information content (AvgIpc) is 2.71. The van der Waals surface area contributed by atoms with Crippen LogP contribution in [0.1, 0.15) is 38.8 Å². The molecule has 1 amide bonds. The van der Waals surface area contributed by atoms with Crippen LogP contribution in [-0.4, -0.2) is 35.8 Å². The van der Waals surface area contributed by atoms with Crippen molar-refractivity contribution in [1.82, 2.24) is 0 Å². The van der Waals surface area contributed by atoms with Gasteiger partial charge >= 0.3 is 5.97 Å². The van der Waals surface area contributed by atoms with Crippen LogP contribution in [0, 0.1) is 0 Å². The highest BCUT2D eigenvalue weighted by atomic mass is 35.5. The first kappa shape index (κ1) is 20.1. The summed E-state index contributed by atoms with van der Waals surface area (Å²) >= 11 is 6.25. The lowest BCUT2D eigenvalue weighted by Gasteiger charge is -2.26. The zero-order valence-corrected chi connectivity index (χ0v) is 17.2. The number of benzodiazepines with no additional fused rings is 1. The van der Waals surface area contributed by atoms with Crippen molar-refractivity contribution < 1.29 is 14.3 Å². The van der Waals surface area contributed by atoms with Crippen LogP contribution in [0.2, 0.25) is 5.02 Å². The minimum absolute atomic E-state index is 0.188. The van der Waals surface area contributed by atoms with Gasteiger partial charge in [0, 0.05) is 16.1 Å². The zero-order valence-electron chi connectivity index (χ0n) is 16.4. The Morgan fingerprint density at radius 2 is 1.86 bits per heavy atom. The molecule has 146 valence electrons. The molecular formula is C22H23ClN2O3. The van der Waals surface area contributed by atoms with Crippen molar-refractivity contribution in [1.29, 1.82) is 0 Å². The van der Waals surface area contributed by atoms with Crippen LogP contribution in [0.4, 0.5) is 5.69 Å². The van der Waals surface area contributed by atoms with Crippen LogP contribution in [0.25, 0.3) is 0 Å². The van der Waals surface area contributed by atoms with E-state index in [0.717, 1.165) is 5.56 Å². The summed E-state index contributed by atoms with van der Waals surface area (Å²) in [5.74, 6) is -0.738. The van der Waals surface area contributed by atoms with E-state index < -0.39 is 17.6 Å². The number of hydrogen-bond acceptors (Lipinski definition) is 4. The van der Waals surface area contributed by atoms with Gasteiger partial charge in [-0.05, 0) is 45.9 Å². The first-order chi connectivity index (χ1) is 13.2. The highest BCUT2D eigenvalue weighted by Gasteiger charge is 2.32. The summed E-state index contributed by atoms with van der Waals surface area (Å²) in [6.45, 7) is 6.92. The van der Waals surface area contributed by atoms with Gasteiger partial charge in [-0.1, -0.05) is 41.9 Å². The van der Waals surface area contributed by atoms with Gasteiger partial charge in [0.2, 0.25) is 0 Å². The van der Waals surface area contributed by atoms with Crippen molar-refractivity contribution >= 4 is 34.9 Å². The number of anilines is 1. The van der Waals surface area contributed by atoms with Crippen LogP contribution in [0.15, 0.2) is 53.5 Å². The summed E-state index contributed by atoms with van der Waals surface area (Å²) < 4.78 is 5.42. The van der Waals surface area contributed by atoms with E-state index in [1.165, 1.54) is 4.90 Å².